The largest absolute Gasteiger partial charge is 0.494 e. The molecule has 2 fully saturated rings. The van der Waals surface area contributed by atoms with Crippen LogP contribution in [0.15, 0.2) is 55.1 Å². The number of nitrogens with zero attached hydrogens (tertiary/aromatic N) is 5. The summed E-state index contributed by atoms with van der Waals surface area (Å²) >= 11 is 0. The van der Waals surface area contributed by atoms with Crippen LogP contribution in [0.5, 0.6) is 5.75 Å². The molecule has 2 aromatic carbocycles. The number of benzene rings is 2. The van der Waals surface area contributed by atoms with Crippen LogP contribution in [-0.2, 0) is 11.3 Å². The number of amides is 1. The number of nitrogens with one attached hydrogen (secondary N) is 1. The molecule has 2 heterocycles. The van der Waals surface area contributed by atoms with Gasteiger partial charge in [0, 0.05) is 30.1 Å². The molecule has 1 N–H and O–H groups in total. The third-order valence-electron chi connectivity index (χ3n) is 7.78. The van der Waals surface area contributed by atoms with Crippen molar-refractivity contribution in [2.24, 2.45) is 5.92 Å². The number of rotatable bonds is 10. The molecule has 2 aliphatic rings. The van der Waals surface area contributed by atoms with E-state index in [-0.39, 0.29) is 6.10 Å². The highest BCUT2D eigenvalue weighted by molar-refractivity contribution is 5.96. The van der Waals surface area contributed by atoms with Crippen molar-refractivity contribution in [3.05, 3.63) is 60.7 Å². The Balaban J connectivity index is 1.24. The first-order chi connectivity index (χ1) is 19.1. The molecular formula is C30H32N6O3. The van der Waals surface area contributed by atoms with Gasteiger partial charge in [0.15, 0.2) is 0 Å². The predicted molar refractivity (Wildman–Crippen MR) is 147 cm³/mol. The minimum Gasteiger partial charge on any atom is -0.494 e. The maximum absolute atomic E-state index is 12.3. The van der Waals surface area contributed by atoms with Gasteiger partial charge in [-0.25, -0.2) is 9.78 Å². The monoisotopic (exact) mass is 524 g/mol. The van der Waals surface area contributed by atoms with Crippen molar-refractivity contribution in [2.75, 3.05) is 11.9 Å². The summed E-state index contributed by atoms with van der Waals surface area (Å²) in [6, 6.07) is 16.5. The molecule has 39 heavy (non-hydrogen) atoms. The molecule has 0 aliphatic heterocycles. The van der Waals surface area contributed by atoms with Gasteiger partial charge >= 0.3 is 6.09 Å². The Morgan fingerprint density at radius 1 is 1.18 bits per heavy atom. The van der Waals surface area contributed by atoms with Crippen LogP contribution >= 0.6 is 0 Å². The highest BCUT2D eigenvalue weighted by Crippen LogP contribution is 2.43. The number of aryl methyl sites for hydroxylation is 1. The van der Waals surface area contributed by atoms with Crippen LogP contribution < -0.4 is 10.1 Å². The quantitative estimate of drug-likeness (QED) is 0.244. The van der Waals surface area contributed by atoms with Crippen LogP contribution in [0.4, 0.5) is 10.5 Å². The minimum absolute atomic E-state index is 0.0665. The van der Waals surface area contributed by atoms with E-state index in [9.17, 15) is 10.1 Å². The van der Waals surface area contributed by atoms with Crippen LogP contribution in [-0.4, -0.2) is 38.1 Å². The zero-order valence-corrected chi connectivity index (χ0v) is 22.0. The number of aromatic nitrogens is 4. The summed E-state index contributed by atoms with van der Waals surface area (Å²) in [6.07, 6.45) is 9.13. The fraction of sp³-hybridized carbons (Fsp3) is 0.400. The molecule has 200 valence electrons. The number of ether oxygens (including phenoxy) is 2. The van der Waals surface area contributed by atoms with E-state index in [4.69, 9.17) is 9.47 Å². The maximum Gasteiger partial charge on any atom is 0.411 e. The molecule has 0 bridgehead atoms. The van der Waals surface area contributed by atoms with Gasteiger partial charge in [-0.1, -0.05) is 12.1 Å². The highest BCUT2D eigenvalue weighted by Gasteiger charge is 2.31. The first-order valence-electron chi connectivity index (χ1n) is 13.7. The minimum atomic E-state index is -0.433. The summed E-state index contributed by atoms with van der Waals surface area (Å²) in [6.45, 7) is 3.22. The van der Waals surface area contributed by atoms with E-state index < -0.39 is 6.09 Å². The molecule has 2 saturated carbocycles. The average molecular weight is 525 g/mol. The van der Waals surface area contributed by atoms with Gasteiger partial charge < -0.3 is 14.0 Å². The Morgan fingerprint density at radius 3 is 2.67 bits per heavy atom. The molecule has 0 unspecified atom stereocenters. The molecule has 2 aliphatic carbocycles. The molecule has 4 aromatic rings. The molecular weight excluding hydrogens is 492 g/mol. The Kier molecular flexibility index (Phi) is 6.93. The van der Waals surface area contributed by atoms with Crippen molar-refractivity contribution in [1.29, 1.82) is 5.26 Å². The van der Waals surface area contributed by atoms with E-state index in [0.717, 1.165) is 66.6 Å². The number of carbonyl (C=O) groups is 1. The number of hydrogen-bond acceptors (Lipinski definition) is 6. The summed E-state index contributed by atoms with van der Waals surface area (Å²) in [5, 5.41) is 18.1. The van der Waals surface area contributed by atoms with Crippen LogP contribution in [0.1, 0.15) is 57.1 Å². The Morgan fingerprint density at radius 2 is 2.00 bits per heavy atom. The highest BCUT2D eigenvalue weighted by atomic mass is 16.6. The lowest BCUT2D eigenvalue weighted by molar-refractivity contribution is 0.108. The predicted octanol–water partition coefficient (Wildman–Crippen LogP) is 6.31. The van der Waals surface area contributed by atoms with Gasteiger partial charge in [0.1, 0.15) is 30.6 Å². The molecule has 2 aromatic heterocycles. The standard InChI is InChI=1S/C30H32N6O3/c1-20(21-6-7-21)39-30(37)34-23-10-8-22(9-11-23)29-27(17-31)26-16-25(38-15-3-14-35-19-32-18-33-35)12-13-28(26)36(29)24-4-2-5-24/h8-13,16,18-21,24H,2-7,14-15H2,1H3,(H,34,37)/t20-/m1/s1. The van der Waals surface area contributed by atoms with Gasteiger partial charge in [-0.15, -0.1) is 0 Å². The number of fused-ring (bicyclic) bond motifs is 1. The van der Waals surface area contributed by atoms with E-state index in [1.54, 1.807) is 11.0 Å². The topological polar surface area (TPSA) is 107 Å². The van der Waals surface area contributed by atoms with Crippen molar-refractivity contribution in [1.82, 2.24) is 19.3 Å². The molecule has 9 heteroatoms. The first kappa shape index (κ1) is 25.0. The fourth-order valence-electron chi connectivity index (χ4n) is 5.26. The van der Waals surface area contributed by atoms with Gasteiger partial charge in [0.25, 0.3) is 0 Å². The SMILES string of the molecule is C[C@@H](OC(=O)Nc1ccc(-c2c(C#N)c3cc(OCCCn4cncn4)ccc3n2C2CCC2)cc1)C1CC1. The van der Waals surface area contributed by atoms with E-state index in [2.05, 4.69) is 32.1 Å². The normalized spacial score (nSPS) is 15.9. The fourth-order valence-corrected chi connectivity index (χ4v) is 5.26. The van der Waals surface area contributed by atoms with Gasteiger partial charge in [-0.2, -0.15) is 10.4 Å². The average Bonchev–Trinajstić information content (AvgIpc) is 3.55. The molecule has 9 nitrogen and oxygen atoms in total. The first-order valence-corrected chi connectivity index (χ1v) is 13.7. The van der Waals surface area contributed by atoms with Crippen LogP contribution in [0.3, 0.4) is 0 Å². The van der Waals surface area contributed by atoms with Gasteiger partial charge in [-0.05, 0) is 80.8 Å². The molecule has 1 atom stereocenters. The van der Waals surface area contributed by atoms with Crippen molar-refractivity contribution in [3.63, 3.8) is 0 Å². The van der Waals surface area contributed by atoms with Crippen LogP contribution in [0.25, 0.3) is 22.2 Å². The number of carbonyl (C=O) groups excluding carboxylic acids is 1. The summed E-state index contributed by atoms with van der Waals surface area (Å²) in [5.74, 6) is 1.23. The van der Waals surface area contributed by atoms with Crippen molar-refractivity contribution in [3.8, 4) is 23.1 Å². The smallest absolute Gasteiger partial charge is 0.411 e. The number of hydrogen-bond donors (Lipinski definition) is 1. The van der Waals surface area contributed by atoms with Crippen molar-refractivity contribution in [2.45, 2.75) is 64.1 Å². The third kappa shape index (κ3) is 5.32. The zero-order valence-electron chi connectivity index (χ0n) is 22.0. The van der Waals surface area contributed by atoms with Crippen molar-refractivity contribution >= 4 is 22.7 Å². The summed E-state index contributed by atoms with van der Waals surface area (Å²) in [7, 11) is 0. The Hall–Kier alpha value is -4.32. The van der Waals surface area contributed by atoms with E-state index in [0.29, 0.717) is 29.8 Å². The second kappa shape index (κ2) is 10.8. The molecule has 6 rings (SSSR count). The summed E-state index contributed by atoms with van der Waals surface area (Å²) < 4.78 is 15.6. The van der Waals surface area contributed by atoms with Gasteiger partial charge in [0.05, 0.1) is 23.4 Å². The number of anilines is 1. The van der Waals surface area contributed by atoms with Crippen molar-refractivity contribution < 1.29 is 14.3 Å². The molecule has 1 amide bonds. The van der Waals surface area contributed by atoms with Crippen LogP contribution in [0.2, 0.25) is 0 Å². The van der Waals surface area contributed by atoms with Gasteiger partial charge in [-0.3, -0.25) is 10.00 Å². The van der Waals surface area contributed by atoms with E-state index in [1.165, 1.54) is 12.7 Å². The molecule has 0 radical (unpaired) electrons. The van der Waals surface area contributed by atoms with Crippen LogP contribution in [0, 0.1) is 17.2 Å². The lowest BCUT2D eigenvalue weighted by Crippen LogP contribution is -2.21. The Labute approximate surface area is 227 Å². The Bertz CT molecular complexity index is 1490. The summed E-state index contributed by atoms with van der Waals surface area (Å²) in [5.41, 5.74) is 4.20. The second-order valence-electron chi connectivity index (χ2n) is 10.5. The third-order valence-corrected chi connectivity index (χ3v) is 7.78. The van der Waals surface area contributed by atoms with E-state index >= 15 is 0 Å². The van der Waals surface area contributed by atoms with E-state index in [1.807, 2.05) is 43.3 Å². The molecule has 0 saturated heterocycles. The van der Waals surface area contributed by atoms with Gasteiger partial charge in [0.2, 0.25) is 0 Å². The lowest BCUT2D eigenvalue weighted by atomic mass is 9.92. The second-order valence-corrected chi connectivity index (χ2v) is 10.5. The number of nitriles is 1. The lowest BCUT2D eigenvalue weighted by Gasteiger charge is -2.30. The maximum atomic E-state index is 12.3. The zero-order chi connectivity index (χ0) is 26.8. The summed E-state index contributed by atoms with van der Waals surface area (Å²) in [4.78, 5) is 16.3. The molecule has 0 spiro atoms.